The van der Waals surface area contributed by atoms with E-state index >= 15 is 0 Å². The number of aryl methyl sites for hydroxylation is 1. The zero-order chi connectivity index (χ0) is 9.68. The van der Waals surface area contributed by atoms with E-state index in [-0.39, 0.29) is 11.6 Å². The van der Waals surface area contributed by atoms with Gasteiger partial charge in [-0.2, -0.15) is 0 Å². The molecule has 72 valence electrons. The van der Waals surface area contributed by atoms with Gasteiger partial charge in [0.1, 0.15) is 0 Å². The number of ether oxygens (including phenoxy) is 1. The summed E-state index contributed by atoms with van der Waals surface area (Å²) in [5, 5.41) is 0. The van der Waals surface area contributed by atoms with E-state index in [9.17, 15) is 4.39 Å². The molecule has 1 aromatic carbocycles. The van der Waals surface area contributed by atoms with Gasteiger partial charge < -0.3 is 4.74 Å². The Morgan fingerprint density at radius 3 is 2.77 bits per heavy atom. The average Bonchev–Trinajstić information content (AvgIpc) is 2.15. The lowest BCUT2D eigenvalue weighted by Gasteiger charge is -2.03. The van der Waals surface area contributed by atoms with Crippen molar-refractivity contribution in [1.82, 2.24) is 0 Å². The maximum absolute atomic E-state index is 13.1. The van der Waals surface area contributed by atoms with E-state index in [1.165, 1.54) is 13.2 Å². The first-order valence-corrected chi connectivity index (χ1v) is 4.69. The van der Waals surface area contributed by atoms with E-state index in [1.807, 2.05) is 6.07 Å². The van der Waals surface area contributed by atoms with Crippen LogP contribution in [0.4, 0.5) is 4.39 Å². The maximum atomic E-state index is 13.1. The van der Waals surface area contributed by atoms with Crippen molar-refractivity contribution in [2.45, 2.75) is 12.8 Å². The van der Waals surface area contributed by atoms with Crippen molar-refractivity contribution in [1.29, 1.82) is 0 Å². The Labute approximate surface area is 82.5 Å². The van der Waals surface area contributed by atoms with Crippen LogP contribution in [-0.2, 0) is 6.42 Å². The SMILES string of the molecule is COc1ccc(CCCCl)cc1F. The lowest BCUT2D eigenvalue weighted by molar-refractivity contribution is 0.386. The van der Waals surface area contributed by atoms with Gasteiger partial charge in [0, 0.05) is 5.88 Å². The summed E-state index contributed by atoms with van der Waals surface area (Å²) >= 11 is 5.53. The second-order valence-electron chi connectivity index (χ2n) is 2.76. The first-order valence-electron chi connectivity index (χ1n) is 4.16. The van der Waals surface area contributed by atoms with E-state index in [0.29, 0.717) is 5.88 Å². The van der Waals surface area contributed by atoms with Crippen molar-refractivity contribution in [2.75, 3.05) is 13.0 Å². The molecule has 3 heteroatoms. The molecule has 1 nitrogen and oxygen atoms in total. The topological polar surface area (TPSA) is 9.23 Å². The van der Waals surface area contributed by atoms with Crippen molar-refractivity contribution < 1.29 is 9.13 Å². The normalized spacial score (nSPS) is 10.1. The van der Waals surface area contributed by atoms with Crippen LogP contribution in [0.2, 0.25) is 0 Å². The van der Waals surface area contributed by atoms with Crippen molar-refractivity contribution in [3.05, 3.63) is 29.6 Å². The molecule has 0 N–H and O–H groups in total. The summed E-state index contributed by atoms with van der Waals surface area (Å²) < 4.78 is 17.9. The van der Waals surface area contributed by atoms with Crippen molar-refractivity contribution in [3.63, 3.8) is 0 Å². The molecule has 0 aliphatic heterocycles. The molecule has 1 rings (SSSR count). The van der Waals surface area contributed by atoms with Gasteiger partial charge in [0.25, 0.3) is 0 Å². The Morgan fingerprint density at radius 2 is 2.23 bits per heavy atom. The summed E-state index contributed by atoms with van der Waals surface area (Å²) in [5.74, 6) is 0.581. The molecule has 0 aliphatic carbocycles. The molecular formula is C10H12ClFO. The lowest BCUT2D eigenvalue weighted by atomic mass is 10.1. The van der Waals surface area contributed by atoms with Crippen LogP contribution in [-0.4, -0.2) is 13.0 Å². The highest BCUT2D eigenvalue weighted by Crippen LogP contribution is 2.18. The van der Waals surface area contributed by atoms with Gasteiger partial charge in [0.2, 0.25) is 0 Å². The zero-order valence-corrected chi connectivity index (χ0v) is 8.27. The van der Waals surface area contributed by atoms with E-state index in [2.05, 4.69) is 0 Å². The van der Waals surface area contributed by atoms with Gasteiger partial charge in [-0.05, 0) is 30.5 Å². The van der Waals surface area contributed by atoms with Crippen LogP contribution in [0, 0.1) is 5.82 Å². The predicted molar refractivity (Wildman–Crippen MR) is 52.0 cm³/mol. The van der Waals surface area contributed by atoms with Crippen LogP contribution in [0.3, 0.4) is 0 Å². The fourth-order valence-electron chi connectivity index (χ4n) is 1.14. The second kappa shape index (κ2) is 5.07. The summed E-state index contributed by atoms with van der Waals surface area (Å²) in [6.45, 7) is 0. The van der Waals surface area contributed by atoms with Crippen LogP contribution in [0.15, 0.2) is 18.2 Å². The summed E-state index contributed by atoms with van der Waals surface area (Å²) in [6, 6.07) is 4.98. The number of benzene rings is 1. The zero-order valence-electron chi connectivity index (χ0n) is 7.52. The molecule has 0 fully saturated rings. The van der Waals surface area contributed by atoms with Crippen LogP contribution >= 0.6 is 11.6 Å². The highest BCUT2D eigenvalue weighted by atomic mass is 35.5. The minimum absolute atomic E-state index is 0.287. The van der Waals surface area contributed by atoms with Gasteiger partial charge in [-0.15, -0.1) is 11.6 Å². The van der Waals surface area contributed by atoms with E-state index in [4.69, 9.17) is 16.3 Å². The Hall–Kier alpha value is -0.760. The predicted octanol–water partition coefficient (Wildman–Crippen LogP) is 3.01. The van der Waals surface area contributed by atoms with E-state index in [1.54, 1.807) is 6.07 Å². The summed E-state index contributed by atoms with van der Waals surface area (Å²) in [6.07, 6.45) is 1.68. The first kappa shape index (κ1) is 10.3. The van der Waals surface area contributed by atoms with Gasteiger partial charge in [0.05, 0.1) is 7.11 Å². The highest BCUT2D eigenvalue weighted by Gasteiger charge is 2.02. The molecule has 0 saturated carbocycles. The fraction of sp³-hybridized carbons (Fsp3) is 0.400. The van der Waals surface area contributed by atoms with Gasteiger partial charge in [-0.3, -0.25) is 0 Å². The number of hydrogen-bond acceptors (Lipinski definition) is 1. The molecule has 0 aliphatic rings. The lowest BCUT2D eigenvalue weighted by Crippen LogP contribution is -1.91. The van der Waals surface area contributed by atoms with Gasteiger partial charge in [-0.25, -0.2) is 4.39 Å². The average molecular weight is 203 g/mol. The smallest absolute Gasteiger partial charge is 0.165 e. The molecule has 0 aromatic heterocycles. The van der Waals surface area contributed by atoms with Gasteiger partial charge in [-0.1, -0.05) is 6.07 Å². The summed E-state index contributed by atoms with van der Waals surface area (Å²) in [5.41, 5.74) is 0.957. The Morgan fingerprint density at radius 1 is 1.46 bits per heavy atom. The molecule has 0 heterocycles. The summed E-state index contributed by atoms with van der Waals surface area (Å²) in [7, 11) is 1.46. The Balaban J connectivity index is 2.71. The van der Waals surface area contributed by atoms with E-state index in [0.717, 1.165) is 18.4 Å². The van der Waals surface area contributed by atoms with Crippen molar-refractivity contribution in [3.8, 4) is 5.75 Å². The molecule has 1 aromatic rings. The van der Waals surface area contributed by atoms with Crippen LogP contribution in [0.5, 0.6) is 5.75 Å². The van der Waals surface area contributed by atoms with E-state index < -0.39 is 0 Å². The number of halogens is 2. The summed E-state index contributed by atoms with van der Waals surface area (Å²) in [4.78, 5) is 0. The van der Waals surface area contributed by atoms with Gasteiger partial charge >= 0.3 is 0 Å². The molecule has 0 atom stereocenters. The second-order valence-corrected chi connectivity index (χ2v) is 3.14. The van der Waals surface area contributed by atoms with Crippen LogP contribution < -0.4 is 4.74 Å². The van der Waals surface area contributed by atoms with Crippen molar-refractivity contribution >= 4 is 11.6 Å². The quantitative estimate of drug-likeness (QED) is 0.682. The minimum atomic E-state index is -0.311. The third-order valence-corrected chi connectivity index (χ3v) is 2.08. The van der Waals surface area contributed by atoms with Gasteiger partial charge in [0.15, 0.2) is 11.6 Å². The third-order valence-electron chi connectivity index (χ3n) is 1.82. The molecular weight excluding hydrogens is 191 g/mol. The van der Waals surface area contributed by atoms with Crippen molar-refractivity contribution in [2.24, 2.45) is 0 Å². The number of hydrogen-bond donors (Lipinski definition) is 0. The number of methoxy groups -OCH3 is 1. The molecule has 13 heavy (non-hydrogen) atoms. The molecule has 0 unspecified atom stereocenters. The largest absolute Gasteiger partial charge is 0.494 e. The minimum Gasteiger partial charge on any atom is -0.494 e. The van der Waals surface area contributed by atoms with Crippen LogP contribution in [0.1, 0.15) is 12.0 Å². The maximum Gasteiger partial charge on any atom is 0.165 e. The Kier molecular flexibility index (Phi) is 4.03. The monoisotopic (exact) mass is 202 g/mol. The molecule has 0 saturated heterocycles. The fourth-order valence-corrected chi connectivity index (χ4v) is 1.27. The highest BCUT2D eigenvalue weighted by molar-refractivity contribution is 6.17. The number of alkyl halides is 1. The number of rotatable bonds is 4. The first-order chi connectivity index (χ1) is 6.27. The molecule has 0 radical (unpaired) electrons. The molecule has 0 amide bonds. The molecule has 0 bridgehead atoms. The van der Waals surface area contributed by atoms with Crippen LogP contribution in [0.25, 0.3) is 0 Å². The molecule has 0 spiro atoms. The third kappa shape index (κ3) is 2.88. The standard InChI is InChI=1S/C10H12ClFO/c1-13-10-5-4-8(3-2-6-11)7-9(10)12/h4-5,7H,2-3,6H2,1H3. The Bertz CT molecular complexity index is 276.